The molecule has 7 nitrogen and oxygen atoms in total. The van der Waals surface area contributed by atoms with Crippen molar-refractivity contribution in [1.82, 2.24) is 19.7 Å². The third-order valence-electron chi connectivity index (χ3n) is 4.76. The Morgan fingerprint density at radius 2 is 2.00 bits per heavy atom. The Balaban J connectivity index is 1.87. The Hall–Kier alpha value is -2.51. The highest BCUT2D eigenvalue weighted by atomic mass is 35.5. The Morgan fingerprint density at radius 3 is 2.64 bits per heavy atom. The summed E-state index contributed by atoms with van der Waals surface area (Å²) in [6, 6.07) is 7.44. The smallest absolute Gasteiger partial charge is 0.231 e. The topological polar surface area (TPSA) is 81.9 Å². The lowest BCUT2D eigenvalue weighted by atomic mass is 10.1. The molecule has 0 bridgehead atoms. The lowest BCUT2D eigenvalue weighted by Gasteiger charge is -2.19. The number of benzene rings is 1. The lowest BCUT2D eigenvalue weighted by Crippen LogP contribution is -2.24. The van der Waals surface area contributed by atoms with Crippen LogP contribution in [0.3, 0.4) is 0 Å². The van der Waals surface area contributed by atoms with Gasteiger partial charge in [0.25, 0.3) is 0 Å². The number of carbonyl (C=O) groups excluding carboxylic acids is 1. The van der Waals surface area contributed by atoms with Crippen molar-refractivity contribution in [2.75, 3.05) is 18.5 Å². The molecule has 1 fully saturated rings. The summed E-state index contributed by atoms with van der Waals surface area (Å²) in [4.78, 5) is 21.5. The van der Waals surface area contributed by atoms with E-state index in [9.17, 15) is 4.79 Å². The molecular formula is C20H22ClN5O2. The standard InChI is InChI=1S/C20H22ClN5O2/c1-20(2,3)26-18-15(16(25-26)12-4-6-14(21)7-5-12)17(22-11-23-18)24-19(27)13-8-9-28-10-13/h4-7,11,13H,8-10H2,1-3H3,(H,22,23,24,27). The van der Waals surface area contributed by atoms with Gasteiger partial charge in [0.15, 0.2) is 5.65 Å². The molecule has 4 rings (SSSR count). The second kappa shape index (κ2) is 7.14. The summed E-state index contributed by atoms with van der Waals surface area (Å²) >= 11 is 6.05. The van der Waals surface area contributed by atoms with Crippen LogP contribution in [0.25, 0.3) is 22.3 Å². The molecule has 146 valence electrons. The van der Waals surface area contributed by atoms with Gasteiger partial charge < -0.3 is 10.1 Å². The number of carbonyl (C=O) groups is 1. The summed E-state index contributed by atoms with van der Waals surface area (Å²) in [7, 11) is 0. The summed E-state index contributed by atoms with van der Waals surface area (Å²) in [6.45, 7) is 7.21. The van der Waals surface area contributed by atoms with Crippen molar-refractivity contribution in [3.05, 3.63) is 35.6 Å². The van der Waals surface area contributed by atoms with Crippen LogP contribution in [0.5, 0.6) is 0 Å². The van der Waals surface area contributed by atoms with Crippen LogP contribution < -0.4 is 5.32 Å². The van der Waals surface area contributed by atoms with Crippen molar-refractivity contribution in [3.8, 4) is 11.3 Å². The highest BCUT2D eigenvalue weighted by molar-refractivity contribution is 6.30. The van der Waals surface area contributed by atoms with Gasteiger partial charge in [-0.3, -0.25) is 4.79 Å². The van der Waals surface area contributed by atoms with Gasteiger partial charge in [0.2, 0.25) is 5.91 Å². The van der Waals surface area contributed by atoms with E-state index in [-0.39, 0.29) is 17.4 Å². The van der Waals surface area contributed by atoms with Gasteiger partial charge in [-0.2, -0.15) is 5.10 Å². The van der Waals surface area contributed by atoms with Gasteiger partial charge in [-0.15, -0.1) is 0 Å². The molecule has 2 aromatic heterocycles. The van der Waals surface area contributed by atoms with Gasteiger partial charge in [0, 0.05) is 17.2 Å². The fourth-order valence-electron chi connectivity index (χ4n) is 3.28. The van der Waals surface area contributed by atoms with Gasteiger partial charge in [0.05, 0.1) is 23.4 Å². The molecule has 1 unspecified atom stereocenters. The van der Waals surface area contributed by atoms with Gasteiger partial charge in [-0.05, 0) is 39.3 Å². The van der Waals surface area contributed by atoms with Crippen molar-refractivity contribution in [2.24, 2.45) is 5.92 Å². The second-order valence-electron chi connectivity index (χ2n) is 7.91. The van der Waals surface area contributed by atoms with Crippen LogP contribution in [0.2, 0.25) is 5.02 Å². The summed E-state index contributed by atoms with van der Waals surface area (Å²) in [5, 5.41) is 9.15. The third kappa shape index (κ3) is 3.47. The molecule has 3 heterocycles. The van der Waals surface area contributed by atoms with Crippen LogP contribution in [-0.4, -0.2) is 38.9 Å². The number of aromatic nitrogens is 4. The minimum absolute atomic E-state index is 0.0944. The average molecular weight is 400 g/mol. The SMILES string of the molecule is CC(C)(C)n1nc(-c2ccc(Cl)cc2)c2c(NC(=O)C3CCOC3)ncnc21. The normalized spacial score (nSPS) is 17.2. The number of amides is 1. The molecule has 0 aliphatic carbocycles. The molecule has 1 aromatic carbocycles. The molecule has 1 N–H and O–H groups in total. The predicted octanol–water partition coefficient (Wildman–Crippen LogP) is 3.88. The maximum absolute atomic E-state index is 12.7. The zero-order valence-corrected chi connectivity index (χ0v) is 16.8. The Labute approximate surface area is 168 Å². The zero-order valence-electron chi connectivity index (χ0n) is 16.1. The summed E-state index contributed by atoms with van der Waals surface area (Å²) < 4.78 is 7.20. The van der Waals surface area contributed by atoms with E-state index >= 15 is 0 Å². The molecule has 0 saturated carbocycles. The van der Waals surface area contributed by atoms with Crippen molar-refractivity contribution < 1.29 is 9.53 Å². The molecule has 8 heteroatoms. The quantitative estimate of drug-likeness (QED) is 0.722. The number of hydrogen-bond donors (Lipinski definition) is 1. The number of fused-ring (bicyclic) bond motifs is 1. The van der Waals surface area contributed by atoms with Gasteiger partial charge >= 0.3 is 0 Å². The molecule has 1 aliphatic heterocycles. The van der Waals surface area contributed by atoms with Gasteiger partial charge in [-0.25, -0.2) is 14.6 Å². The maximum atomic E-state index is 12.7. The zero-order chi connectivity index (χ0) is 19.9. The monoisotopic (exact) mass is 399 g/mol. The number of anilines is 1. The average Bonchev–Trinajstić information content (AvgIpc) is 3.30. The van der Waals surface area contributed by atoms with Crippen LogP contribution in [0.4, 0.5) is 5.82 Å². The second-order valence-corrected chi connectivity index (χ2v) is 8.35. The highest BCUT2D eigenvalue weighted by Gasteiger charge is 2.28. The van der Waals surface area contributed by atoms with E-state index < -0.39 is 0 Å². The molecule has 0 spiro atoms. The number of hydrogen-bond acceptors (Lipinski definition) is 5. The van der Waals surface area contributed by atoms with E-state index in [1.165, 1.54) is 6.33 Å². The van der Waals surface area contributed by atoms with Crippen molar-refractivity contribution >= 4 is 34.4 Å². The number of nitrogens with one attached hydrogen (secondary N) is 1. The summed E-state index contributed by atoms with van der Waals surface area (Å²) in [5.74, 6) is 0.201. The van der Waals surface area contributed by atoms with Crippen molar-refractivity contribution in [2.45, 2.75) is 32.7 Å². The molecule has 1 aliphatic rings. The van der Waals surface area contributed by atoms with Gasteiger partial charge in [-0.1, -0.05) is 23.7 Å². The molecule has 3 aromatic rings. The van der Waals surface area contributed by atoms with E-state index in [1.54, 1.807) is 0 Å². The van der Waals surface area contributed by atoms with Crippen molar-refractivity contribution in [1.29, 1.82) is 0 Å². The highest BCUT2D eigenvalue weighted by Crippen LogP contribution is 2.34. The first-order valence-corrected chi connectivity index (χ1v) is 9.61. The molecule has 0 radical (unpaired) electrons. The fourth-order valence-corrected chi connectivity index (χ4v) is 3.41. The van der Waals surface area contributed by atoms with Crippen LogP contribution in [-0.2, 0) is 15.1 Å². The number of rotatable bonds is 3. The first-order valence-electron chi connectivity index (χ1n) is 9.23. The fraction of sp³-hybridized carbons (Fsp3) is 0.400. The Morgan fingerprint density at radius 1 is 1.25 bits per heavy atom. The van der Waals surface area contributed by atoms with E-state index in [1.807, 2.05) is 28.9 Å². The molecule has 1 atom stereocenters. The van der Waals surface area contributed by atoms with Crippen LogP contribution in [0, 0.1) is 5.92 Å². The number of nitrogens with zero attached hydrogens (tertiary/aromatic N) is 4. The largest absolute Gasteiger partial charge is 0.381 e. The molecular weight excluding hydrogens is 378 g/mol. The van der Waals surface area contributed by atoms with E-state index in [2.05, 4.69) is 36.1 Å². The van der Waals surface area contributed by atoms with E-state index in [0.717, 1.165) is 5.56 Å². The number of halogens is 1. The van der Waals surface area contributed by atoms with Crippen LogP contribution >= 0.6 is 11.6 Å². The minimum Gasteiger partial charge on any atom is -0.381 e. The Kier molecular flexibility index (Phi) is 4.81. The summed E-state index contributed by atoms with van der Waals surface area (Å²) in [5.41, 5.74) is 1.97. The lowest BCUT2D eigenvalue weighted by molar-refractivity contribution is -0.119. The van der Waals surface area contributed by atoms with Crippen LogP contribution in [0.15, 0.2) is 30.6 Å². The molecule has 1 amide bonds. The maximum Gasteiger partial charge on any atom is 0.231 e. The number of ether oxygens (including phenoxy) is 1. The van der Waals surface area contributed by atoms with Crippen LogP contribution in [0.1, 0.15) is 27.2 Å². The van der Waals surface area contributed by atoms with E-state index in [0.29, 0.717) is 47.2 Å². The molecule has 1 saturated heterocycles. The van der Waals surface area contributed by atoms with Crippen molar-refractivity contribution in [3.63, 3.8) is 0 Å². The third-order valence-corrected chi connectivity index (χ3v) is 5.01. The van der Waals surface area contributed by atoms with E-state index in [4.69, 9.17) is 21.4 Å². The first-order chi connectivity index (χ1) is 13.3. The Bertz CT molecular complexity index is 1020. The first kappa shape index (κ1) is 18.8. The minimum atomic E-state index is -0.294. The van der Waals surface area contributed by atoms with Gasteiger partial charge in [0.1, 0.15) is 17.8 Å². The predicted molar refractivity (Wildman–Crippen MR) is 108 cm³/mol. The summed E-state index contributed by atoms with van der Waals surface area (Å²) in [6.07, 6.45) is 2.17. The molecule has 28 heavy (non-hydrogen) atoms.